The maximum atomic E-state index is 13.3. The number of ether oxygens (including phenoxy) is 1. The van der Waals surface area contributed by atoms with E-state index in [1.54, 1.807) is 61.7 Å². The number of amides is 2. The molecule has 0 aliphatic carbocycles. The second-order valence-electron chi connectivity index (χ2n) is 6.99. The van der Waals surface area contributed by atoms with Gasteiger partial charge >= 0.3 is 0 Å². The minimum atomic E-state index is -0.361. The van der Waals surface area contributed by atoms with Crippen LogP contribution in [-0.2, 0) is 9.59 Å². The summed E-state index contributed by atoms with van der Waals surface area (Å²) >= 11 is 0. The third kappa shape index (κ3) is 4.61. The molecular weight excluding hydrogens is 397 g/mol. The van der Waals surface area contributed by atoms with Gasteiger partial charge < -0.3 is 15.0 Å². The van der Waals surface area contributed by atoms with Crippen LogP contribution < -0.4 is 15.0 Å². The van der Waals surface area contributed by atoms with Crippen molar-refractivity contribution in [2.24, 2.45) is 4.99 Å². The van der Waals surface area contributed by atoms with Crippen LogP contribution in [0.4, 0.5) is 21.5 Å². The lowest BCUT2D eigenvalue weighted by Gasteiger charge is -2.22. The first-order valence-corrected chi connectivity index (χ1v) is 9.70. The van der Waals surface area contributed by atoms with E-state index in [0.29, 0.717) is 34.1 Å². The molecule has 1 heterocycles. The Morgan fingerprint density at radius 2 is 1.87 bits per heavy atom. The largest absolute Gasteiger partial charge is 0.497 e. The molecule has 156 valence electrons. The number of carbonyl (C=O) groups is 2. The number of methoxy groups -OCH3 is 1. The van der Waals surface area contributed by atoms with Crippen molar-refractivity contribution in [3.8, 4) is 5.75 Å². The van der Waals surface area contributed by atoms with E-state index in [1.165, 1.54) is 17.0 Å². The van der Waals surface area contributed by atoms with Gasteiger partial charge in [0.05, 0.1) is 30.6 Å². The molecular formula is C24H20FN3O3. The summed E-state index contributed by atoms with van der Waals surface area (Å²) < 4.78 is 18.5. The number of fused-ring (bicyclic) bond motifs is 1. The predicted octanol–water partition coefficient (Wildman–Crippen LogP) is 4.33. The Bertz CT molecular complexity index is 1160. The summed E-state index contributed by atoms with van der Waals surface area (Å²) in [6, 6.07) is 20.0. The molecule has 31 heavy (non-hydrogen) atoms. The number of nitrogens with zero attached hydrogens (tertiary/aromatic N) is 2. The fourth-order valence-electron chi connectivity index (χ4n) is 3.37. The van der Waals surface area contributed by atoms with Crippen molar-refractivity contribution >= 4 is 34.6 Å². The number of nitrogens with one attached hydrogen (secondary N) is 1. The van der Waals surface area contributed by atoms with E-state index in [-0.39, 0.29) is 30.6 Å². The maximum Gasteiger partial charge on any atom is 0.244 e. The number of aliphatic imine (C=N–C) groups is 1. The zero-order chi connectivity index (χ0) is 21.8. The number of benzene rings is 3. The Hall–Kier alpha value is -4.00. The van der Waals surface area contributed by atoms with E-state index < -0.39 is 0 Å². The highest BCUT2D eigenvalue weighted by atomic mass is 19.1. The van der Waals surface area contributed by atoms with Gasteiger partial charge in [0.15, 0.2) is 0 Å². The van der Waals surface area contributed by atoms with E-state index in [1.807, 2.05) is 6.07 Å². The van der Waals surface area contributed by atoms with Crippen molar-refractivity contribution in [1.29, 1.82) is 0 Å². The molecule has 0 saturated heterocycles. The first kappa shape index (κ1) is 20.3. The van der Waals surface area contributed by atoms with Crippen molar-refractivity contribution in [1.82, 2.24) is 0 Å². The second-order valence-corrected chi connectivity index (χ2v) is 6.99. The van der Waals surface area contributed by atoms with E-state index >= 15 is 0 Å². The number of anilines is 2. The molecule has 2 amide bonds. The molecule has 0 aromatic heterocycles. The van der Waals surface area contributed by atoms with Crippen LogP contribution in [0.2, 0.25) is 0 Å². The highest BCUT2D eigenvalue weighted by molar-refractivity contribution is 6.18. The van der Waals surface area contributed by atoms with Crippen molar-refractivity contribution in [3.05, 3.63) is 84.2 Å². The summed E-state index contributed by atoms with van der Waals surface area (Å²) in [5, 5.41) is 2.79. The van der Waals surface area contributed by atoms with E-state index in [2.05, 4.69) is 10.3 Å². The first-order valence-electron chi connectivity index (χ1n) is 9.70. The van der Waals surface area contributed by atoms with Gasteiger partial charge in [-0.3, -0.25) is 14.6 Å². The van der Waals surface area contributed by atoms with Gasteiger partial charge in [0.2, 0.25) is 11.8 Å². The summed E-state index contributed by atoms with van der Waals surface area (Å²) in [6.45, 7) is -0.167. The van der Waals surface area contributed by atoms with Crippen LogP contribution in [0.3, 0.4) is 0 Å². The molecule has 1 aliphatic heterocycles. The van der Waals surface area contributed by atoms with Crippen LogP contribution in [0.5, 0.6) is 5.75 Å². The fraction of sp³-hybridized carbons (Fsp3) is 0.125. The highest BCUT2D eigenvalue weighted by Crippen LogP contribution is 2.33. The molecule has 0 unspecified atom stereocenters. The molecule has 0 saturated carbocycles. The average molecular weight is 417 g/mol. The molecule has 1 N–H and O–H groups in total. The lowest BCUT2D eigenvalue weighted by Crippen LogP contribution is -2.38. The average Bonchev–Trinajstić information content (AvgIpc) is 2.91. The third-order valence-electron chi connectivity index (χ3n) is 4.88. The topological polar surface area (TPSA) is 71.0 Å². The van der Waals surface area contributed by atoms with Gasteiger partial charge in [0.25, 0.3) is 0 Å². The summed E-state index contributed by atoms with van der Waals surface area (Å²) in [7, 11) is 1.55. The van der Waals surface area contributed by atoms with Crippen LogP contribution in [-0.4, -0.2) is 31.2 Å². The Morgan fingerprint density at radius 3 is 2.65 bits per heavy atom. The molecule has 0 spiro atoms. The van der Waals surface area contributed by atoms with Crippen molar-refractivity contribution in [2.45, 2.75) is 6.42 Å². The van der Waals surface area contributed by atoms with Crippen LogP contribution in [0.15, 0.2) is 77.8 Å². The Morgan fingerprint density at radius 1 is 1.10 bits per heavy atom. The molecule has 7 heteroatoms. The lowest BCUT2D eigenvalue weighted by atomic mass is 10.1. The van der Waals surface area contributed by atoms with Crippen molar-refractivity contribution < 1.29 is 18.7 Å². The zero-order valence-corrected chi connectivity index (χ0v) is 16.8. The molecule has 4 rings (SSSR count). The highest BCUT2D eigenvalue weighted by Gasteiger charge is 2.26. The molecule has 6 nitrogen and oxygen atoms in total. The smallest absolute Gasteiger partial charge is 0.244 e. The Kier molecular flexibility index (Phi) is 5.75. The van der Waals surface area contributed by atoms with Gasteiger partial charge in [-0.05, 0) is 42.0 Å². The summed E-state index contributed by atoms with van der Waals surface area (Å²) in [6.07, 6.45) is -0.00719. The minimum absolute atomic E-state index is 0.00719. The van der Waals surface area contributed by atoms with Gasteiger partial charge in [-0.15, -0.1) is 0 Å². The third-order valence-corrected chi connectivity index (χ3v) is 4.88. The van der Waals surface area contributed by atoms with Gasteiger partial charge in [0.1, 0.15) is 18.1 Å². The van der Waals surface area contributed by atoms with Gasteiger partial charge in [0, 0.05) is 11.8 Å². The monoisotopic (exact) mass is 417 g/mol. The van der Waals surface area contributed by atoms with E-state index in [9.17, 15) is 14.0 Å². The number of rotatable bonds is 5. The van der Waals surface area contributed by atoms with Gasteiger partial charge in [-0.1, -0.05) is 30.3 Å². The first-order chi connectivity index (χ1) is 15.0. The zero-order valence-electron chi connectivity index (χ0n) is 16.8. The molecule has 0 bridgehead atoms. The molecule has 0 fully saturated rings. The van der Waals surface area contributed by atoms with Crippen LogP contribution >= 0.6 is 0 Å². The SMILES string of the molecule is COc1cccc(NC(=O)CN2C(=O)CC(c3ccc(F)cc3)=Nc3ccccc32)c1. The molecule has 3 aromatic carbocycles. The number of hydrogen-bond acceptors (Lipinski definition) is 4. The normalized spacial score (nSPS) is 13.2. The lowest BCUT2D eigenvalue weighted by molar-refractivity contribution is -0.120. The summed E-state index contributed by atoms with van der Waals surface area (Å²) in [5.74, 6) is -0.359. The van der Waals surface area contributed by atoms with Crippen molar-refractivity contribution in [3.63, 3.8) is 0 Å². The Labute approximate surface area is 179 Å². The summed E-state index contributed by atoms with van der Waals surface area (Å²) in [4.78, 5) is 31.9. The molecule has 0 radical (unpaired) electrons. The van der Waals surface area contributed by atoms with Crippen LogP contribution in [0.1, 0.15) is 12.0 Å². The standard InChI is InChI=1S/C24H20FN3O3/c1-31-19-6-4-5-18(13-19)26-23(29)15-28-22-8-3-2-7-20(22)27-21(14-24(28)30)16-9-11-17(25)12-10-16/h2-13H,14-15H2,1H3,(H,26,29). The van der Waals surface area contributed by atoms with Crippen LogP contribution in [0, 0.1) is 5.82 Å². The minimum Gasteiger partial charge on any atom is -0.497 e. The van der Waals surface area contributed by atoms with Gasteiger partial charge in [-0.25, -0.2) is 4.39 Å². The molecule has 3 aromatic rings. The maximum absolute atomic E-state index is 13.3. The fourth-order valence-corrected chi connectivity index (χ4v) is 3.37. The van der Waals surface area contributed by atoms with E-state index in [0.717, 1.165) is 0 Å². The Balaban J connectivity index is 1.59. The molecule has 0 atom stereocenters. The number of carbonyl (C=O) groups excluding carboxylic acids is 2. The predicted molar refractivity (Wildman–Crippen MR) is 118 cm³/mol. The van der Waals surface area contributed by atoms with Crippen LogP contribution in [0.25, 0.3) is 0 Å². The van der Waals surface area contributed by atoms with E-state index in [4.69, 9.17) is 4.74 Å². The second kappa shape index (κ2) is 8.79. The number of halogens is 1. The summed E-state index contributed by atoms with van der Waals surface area (Å²) in [5.41, 5.74) is 2.87. The van der Waals surface area contributed by atoms with Crippen molar-refractivity contribution in [2.75, 3.05) is 23.9 Å². The number of para-hydroxylation sites is 2. The number of hydrogen-bond donors (Lipinski definition) is 1. The molecule has 1 aliphatic rings. The van der Waals surface area contributed by atoms with Gasteiger partial charge in [-0.2, -0.15) is 0 Å². The quantitative estimate of drug-likeness (QED) is 0.672.